The summed E-state index contributed by atoms with van der Waals surface area (Å²) in [5.74, 6) is -0.271. The quantitative estimate of drug-likeness (QED) is 0.294. The van der Waals surface area contributed by atoms with E-state index in [-0.39, 0.29) is 32.3 Å². The molecule has 0 aliphatic heterocycles. The highest BCUT2D eigenvalue weighted by Crippen LogP contribution is 2.12. The molecule has 144 valence electrons. The van der Waals surface area contributed by atoms with Crippen molar-refractivity contribution in [1.82, 2.24) is 5.23 Å². The van der Waals surface area contributed by atoms with Gasteiger partial charge in [0.25, 0.3) is 5.91 Å². The molecule has 0 rings (SSSR count). The molecule has 0 atom stereocenters. The fraction of sp³-hybridized carbons (Fsp3) is 0.944. The van der Waals surface area contributed by atoms with Crippen molar-refractivity contribution in [3.8, 4) is 0 Å². The van der Waals surface area contributed by atoms with Gasteiger partial charge in [0.2, 0.25) is 0 Å². The second-order valence-electron chi connectivity index (χ2n) is 6.05. The van der Waals surface area contributed by atoms with E-state index in [1.807, 2.05) is 0 Å². The lowest BCUT2D eigenvalue weighted by molar-refractivity contribution is -0.345. The summed E-state index contributed by atoms with van der Waals surface area (Å²) >= 11 is 0. The first-order valence-electron chi connectivity index (χ1n) is 9.56. The van der Waals surface area contributed by atoms with Gasteiger partial charge >= 0.3 is 0 Å². The van der Waals surface area contributed by atoms with Crippen LogP contribution in [-0.2, 0) is 14.5 Å². The van der Waals surface area contributed by atoms with E-state index >= 15 is 0 Å². The van der Waals surface area contributed by atoms with Crippen molar-refractivity contribution < 1.29 is 24.7 Å². The third kappa shape index (κ3) is 14.9. The molecule has 6 nitrogen and oxygen atoms in total. The molecule has 0 heterocycles. The highest BCUT2D eigenvalue weighted by molar-refractivity contribution is 5.73. The molecule has 0 aromatic heterocycles. The first-order valence-corrected chi connectivity index (χ1v) is 9.56. The summed E-state index contributed by atoms with van der Waals surface area (Å²) in [4.78, 5) is 21.9. The molecular weight excluding hydrogens is 310 g/mol. The van der Waals surface area contributed by atoms with Crippen LogP contribution < -0.4 is 0 Å². The molecule has 0 unspecified atom stereocenters. The molecule has 0 aromatic carbocycles. The van der Waals surface area contributed by atoms with Crippen LogP contribution >= 0.6 is 0 Å². The maximum absolute atomic E-state index is 11.9. The van der Waals surface area contributed by atoms with Gasteiger partial charge in [-0.25, -0.2) is 9.68 Å². The number of carbonyl (C=O) groups excluding carboxylic acids is 1. The minimum Gasteiger partial charge on any atom is -0.394 e. The van der Waals surface area contributed by atoms with E-state index in [0.717, 1.165) is 24.5 Å². The smallest absolute Gasteiger partial charge is 0.273 e. The Bertz CT molecular complexity index is 268. The Hall–Kier alpha value is -0.690. The van der Waals surface area contributed by atoms with Gasteiger partial charge in [0, 0.05) is 6.42 Å². The van der Waals surface area contributed by atoms with Gasteiger partial charge in [-0.05, 0) is 6.42 Å². The van der Waals surface area contributed by atoms with Crippen LogP contribution in [0.2, 0.25) is 0 Å². The highest BCUT2D eigenvalue weighted by Gasteiger charge is 2.14. The van der Waals surface area contributed by atoms with Crippen LogP contribution in [0, 0.1) is 0 Å². The van der Waals surface area contributed by atoms with Gasteiger partial charge < -0.3 is 10.2 Å². The highest BCUT2D eigenvalue weighted by atomic mass is 17.0. The Kier molecular flexibility index (Phi) is 18.1. The fourth-order valence-corrected chi connectivity index (χ4v) is 2.46. The normalized spacial score (nSPS) is 11.0. The van der Waals surface area contributed by atoms with Crippen LogP contribution in [0.5, 0.6) is 0 Å². The van der Waals surface area contributed by atoms with Crippen molar-refractivity contribution in [2.24, 2.45) is 0 Å². The lowest BCUT2D eigenvalue weighted by Crippen LogP contribution is -2.33. The summed E-state index contributed by atoms with van der Waals surface area (Å²) < 4.78 is 0. The summed E-state index contributed by atoms with van der Waals surface area (Å²) in [7, 11) is 0. The Morgan fingerprint density at radius 3 is 1.58 bits per heavy atom. The average Bonchev–Trinajstić information content (AvgIpc) is 2.59. The molecule has 0 radical (unpaired) electrons. The van der Waals surface area contributed by atoms with Gasteiger partial charge in [-0.2, -0.15) is 0 Å². The molecule has 0 spiro atoms. The summed E-state index contributed by atoms with van der Waals surface area (Å²) in [5.41, 5.74) is 0. The zero-order valence-electron chi connectivity index (χ0n) is 15.4. The SMILES string of the molecule is CCCCCCCCCCCCCC(=O)N(OCCO)OCCO. The number of rotatable bonds is 18. The van der Waals surface area contributed by atoms with Crippen LogP contribution in [0.3, 0.4) is 0 Å². The van der Waals surface area contributed by atoms with E-state index in [0.29, 0.717) is 6.42 Å². The second kappa shape index (κ2) is 18.6. The topological polar surface area (TPSA) is 79.2 Å². The number of amides is 1. The standard InChI is InChI=1S/C18H37NO5/c1-2-3-4-5-6-7-8-9-10-11-12-13-18(22)19(23-16-14-20)24-17-15-21/h20-21H,2-17H2,1H3. The first-order chi connectivity index (χ1) is 11.8. The minimum atomic E-state index is -0.271. The molecule has 0 aromatic rings. The average molecular weight is 347 g/mol. The molecule has 0 saturated heterocycles. The number of aliphatic hydroxyl groups excluding tert-OH is 2. The molecule has 0 fully saturated rings. The number of aliphatic hydroxyl groups is 2. The number of nitrogens with zero attached hydrogens (tertiary/aromatic N) is 1. The number of hydroxylamine groups is 2. The largest absolute Gasteiger partial charge is 0.394 e. The van der Waals surface area contributed by atoms with Crippen molar-refractivity contribution in [2.75, 3.05) is 26.4 Å². The third-order valence-electron chi connectivity index (χ3n) is 3.80. The molecule has 0 saturated carbocycles. The predicted octanol–water partition coefficient (Wildman–Crippen LogP) is 3.36. The zero-order valence-corrected chi connectivity index (χ0v) is 15.4. The lowest BCUT2D eigenvalue weighted by Gasteiger charge is -2.19. The van der Waals surface area contributed by atoms with Gasteiger partial charge in [0.05, 0.1) is 13.2 Å². The Morgan fingerprint density at radius 1 is 0.750 bits per heavy atom. The molecule has 2 N–H and O–H groups in total. The molecular formula is C18H37NO5. The zero-order chi connectivity index (χ0) is 17.9. The second-order valence-corrected chi connectivity index (χ2v) is 6.05. The van der Waals surface area contributed by atoms with E-state index < -0.39 is 0 Å². The molecule has 0 aliphatic rings. The van der Waals surface area contributed by atoms with Crippen LogP contribution in [-0.4, -0.2) is 47.8 Å². The van der Waals surface area contributed by atoms with Gasteiger partial charge in [-0.15, -0.1) is 0 Å². The molecule has 0 aliphatic carbocycles. The summed E-state index contributed by atoms with van der Waals surface area (Å²) in [6.45, 7) is 1.85. The van der Waals surface area contributed by atoms with Crippen molar-refractivity contribution in [2.45, 2.75) is 84.0 Å². The van der Waals surface area contributed by atoms with Crippen LogP contribution in [0.1, 0.15) is 84.0 Å². The number of hydrogen-bond donors (Lipinski definition) is 2. The van der Waals surface area contributed by atoms with Gasteiger partial charge in [-0.1, -0.05) is 76.4 Å². The monoisotopic (exact) mass is 347 g/mol. The predicted molar refractivity (Wildman–Crippen MR) is 94.0 cm³/mol. The van der Waals surface area contributed by atoms with Crippen LogP contribution in [0.4, 0.5) is 0 Å². The van der Waals surface area contributed by atoms with Gasteiger partial charge in [0.1, 0.15) is 13.2 Å². The van der Waals surface area contributed by atoms with E-state index in [9.17, 15) is 4.79 Å². The molecule has 6 heteroatoms. The van der Waals surface area contributed by atoms with Crippen molar-refractivity contribution in [1.29, 1.82) is 0 Å². The van der Waals surface area contributed by atoms with E-state index in [1.54, 1.807) is 0 Å². The first kappa shape index (κ1) is 23.3. The van der Waals surface area contributed by atoms with Crippen molar-refractivity contribution in [3.63, 3.8) is 0 Å². The maximum Gasteiger partial charge on any atom is 0.273 e. The van der Waals surface area contributed by atoms with Crippen LogP contribution in [0.15, 0.2) is 0 Å². The summed E-state index contributed by atoms with van der Waals surface area (Å²) in [5, 5.41) is 18.3. The number of unbranched alkanes of at least 4 members (excludes halogenated alkanes) is 10. The maximum atomic E-state index is 11.9. The fourth-order valence-electron chi connectivity index (χ4n) is 2.46. The van der Waals surface area contributed by atoms with Gasteiger partial charge in [-0.3, -0.25) is 4.79 Å². The Balaban J connectivity index is 3.53. The summed E-state index contributed by atoms with van der Waals surface area (Å²) in [6, 6.07) is 0. The Morgan fingerprint density at radius 2 is 1.17 bits per heavy atom. The van der Waals surface area contributed by atoms with Crippen LogP contribution in [0.25, 0.3) is 0 Å². The van der Waals surface area contributed by atoms with Crippen molar-refractivity contribution in [3.05, 3.63) is 0 Å². The molecule has 24 heavy (non-hydrogen) atoms. The van der Waals surface area contributed by atoms with E-state index in [1.165, 1.54) is 51.4 Å². The minimum absolute atomic E-state index is 0.00454. The summed E-state index contributed by atoms with van der Waals surface area (Å²) in [6.07, 6.45) is 13.9. The molecule has 1 amide bonds. The Labute approximate surface area is 147 Å². The van der Waals surface area contributed by atoms with E-state index in [4.69, 9.17) is 19.9 Å². The van der Waals surface area contributed by atoms with Gasteiger partial charge in [0.15, 0.2) is 0 Å². The van der Waals surface area contributed by atoms with Crippen molar-refractivity contribution >= 4 is 5.91 Å². The number of carbonyl (C=O) groups is 1. The lowest BCUT2D eigenvalue weighted by atomic mass is 10.1. The molecule has 0 bridgehead atoms. The number of hydrogen-bond acceptors (Lipinski definition) is 5. The van der Waals surface area contributed by atoms with E-state index in [2.05, 4.69) is 6.92 Å². The third-order valence-corrected chi connectivity index (χ3v) is 3.80.